The molecular weight excluding hydrogens is 350 g/mol. The van der Waals surface area contributed by atoms with E-state index < -0.39 is 10.0 Å². The number of piperidine rings is 1. The van der Waals surface area contributed by atoms with Gasteiger partial charge in [-0.1, -0.05) is 6.92 Å². The van der Waals surface area contributed by atoms with Crippen molar-refractivity contribution in [2.24, 2.45) is 13.0 Å². The maximum absolute atomic E-state index is 12.9. The van der Waals surface area contributed by atoms with Crippen molar-refractivity contribution in [1.29, 1.82) is 0 Å². The molecule has 2 heterocycles. The lowest BCUT2D eigenvalue weighted by atomic mass is 9.88. The van der Waals surface area contributed by atoms with Gasteiger partial charge < -0.3 is 9.47 Å². The van der Waals surface area contributed by atoms with Crippen LogP contribution in [0.2, 0.25) is 0 Å². The maximum Gasteiger partial charge on any atom is 0.270 e. The van der Waals surface area contributed by atoms with Gasteiger partial charge in [0.2, 0.25) is 10.0 Å². The van der Waals surface area contributed by atoms with Crippen LogP contribution >= 0.6 is 0 Å². The number of likely N-dealkylation sites (tertiary alicyclic amines) is 1. The maximum atomic E-state index is 12.9. The normalized spacial score (nSPS) is 24.7. The standard InChI is InChI=1S/C19H31N3O3S/c1-14-7-9-16(10-8-14)20-26(24,25)18-13-17(21(3)15(18)2)19(23)22-11-5-4-6-12-22/h13-14,16,20H,4-12H2,1-3H3. The van der Waals surface area contributed by atoms with E-state index in [1.807, 2.05) is 4.90 Å². The minimum Gasteiger partial charge on any atom is -0.343 e. The van der Waals surface area contributed by atoms with Gasteiger partial charge in [-0.2, -0.15) is 0 Å². The Morgan fingerprint density at radius 2 is 1.73 bits per heavy atom. The zero-order valence-electron chi connectivity index (χ0n) is 16.1. The Bertz CT molecular complexity index is 755. The highest BCUT2D eigenvalue weighted by molar-refractivity contribution is 7.89. The SMILES string of the molecule is Cc1c(S(=O)(=O)NC2CCC(C)CC2)cc(C(=O)N2CCCCC2)n1C. The summed E-state index contributed by atoms with van der Waals surface area (Å²) in [5, 5.41) is 0. The third kappa shape index (κ3) is 3.98. The molecule has 1 aromatic rings. The molecule has 7 heteroatoms. The molecule has 1 aromatic heterocycles. The molecule has 1 saturated heterocycles. The topological polar surface area (TPSA) is 71.4 Å². The van der Waals surface area contributed by atoms with Crippen molar-refractivity contribution >= 4 is 15.9 Å². The smallest absolute Gasteiger partial charge is 0.270 e. The molecule has 6 nitrogen and oxygen atoms in total. The summed E-state index contributed by atoms with van der Waals surface area (Å²) in [7, 11) is -1.84. The van der Waals surface area contributed by atoms with Crippen LogP contribution < -0.4 is 4.72 Å². The fourth-order valence-corrected chi connectivity index (χ4v) is 5.66. The van der Waals surface area contributed by atoms with Gasteiger partial charge in [-0.15, -0.1) is 0 Å². The van der Waals surface area contributed by atoms with Crippen LogP contribution in [0.15, 0.2) is 11.0 Å². The highest BCUT2D eigenvalue weighted by Gasteiger charge is 2.30. The summed E-state index contributed by atoms with van der Waals surface area (Å²) in [5.74, 6) is 0.603. The minimum atomic E-state index is -3.62. The summed E-state index contributed by atoms with van der Waals surface area (Å²) in [6.07, 6.45) is 7.06. The van der Waals surface area contributed by atoms with Gasteiger partial charge in [0.1, 0.15) is 10.6 Å². The average Bonchev–Trinajstić information content (AvgIpc) is 2.93. The van der Waals surface area contributed by atoms with Crippen LogP contribution in [0, 0.1) is 12.8 Å². The van der Waals surface area contributed by atoms with Gasteiger partial charge in [0.05, 0.1) is 0 Å². The lowest BCUT2D eigenvalue weighted by Crippen LogP contribution is -2.37. The van der Waals surface area contributed by atoms with E-state index in [9.17, 15) is 13.2 Å². The van der Waals surface area contributed by atoms with Crippen LogP contribution in [0.25, 0.3) is 0 Å². The number of amides is 1. The lowest BCUT2D eigenvalue weighted by molar-refractivity contribution is 0.0714. The Hall–Kier alpha value is -1.34. The highest BCUT2D eigenvalue weighted by Crippen LogP contribution is 2.27. The van der Waals surface area contributed by atoms with E-state index in [4.69, 9.17) is 0 Å². The van der Waals surface area contributed by atoms with Crippen molar-refractivity contribution in [3.63, 3.8) is 0 Å². The third-order valence-corrected chi connectivity index (χ3v) is 7.61. The first-order valence-corrected chi connectivity index (χ1v) is 11.3. The molecule has 26 heavy (non-hydrogen) atoms. The van der Waals surface area contributed by atoms with Crippen molar-refractivity contribution in [3.8, 4) is 0 Å². The molecule has 1 aliphatic carbocycles. The van der Waals surface area contributed by atoms with Gasteiger partial charge in [0.15, 0.2) is 0 Å². The summed E-state index contributed by atoms with van der Waals surface area (Å²) in [5.41, 5.74) is 1.07. The van der Waals surface area contributed by atoms with E-state index in [0.717, 1.165) is 58.0 Å². The van der Waals surface area contributed by atoms with Crippen LogP contribution in [0.3, 0.4) is 0 Å². The zero-order valence-corrected chi connectivity index (χ0v) is 16.9. The number of aromatic nitrogens is 1. The van der Waals surface area contributed by atoms with Gasteiger partial charge in [0, 0.05) is 31.9 Å². The van der Waals surface area contributed by atoms with E-state index >= 15 is 0 Å². The van der Waals surface area contributed by atoms with Gasteiger partial charge in [-0.25, -0.2) is 13.1 Å². The first-order chi connectivity index (χ1) is 12.3. The second-order valence-corrected chi connectivity index (χ2v) is 9.65. The van der Waals surface area contributed by atoms with Crippen LogP contribution in [0.1, 0.15) is 68.1 Å². The largest absolute Gasteiger partial charge is 0.343 e. The number of rotatable bonds is 4. The molecule has 0 aromatic carbocycles. The number of carbonyl (C=O) groups excluding carboxylic acids is 1. The van der Waals surface area contributed by atoms with Gasteiger partial charge in [0.25, 0.3) is 5.91 Å². The molecule has 2 aliphatic rings. The molecule has 0 radical (unpaired) electrons. The van der Waals surface area contributed by atoms with Crippen LogP contribution in [0.5, 0.6) is 0 Å². The summed E-state index contributed by atoms with van der Waals surface area (Å²) in [6, 6.07) is 1.55. The molecule has 0 atom stereocenters. The number of hydrogen-bond acceptors (Lipinski definition) is 3. The Labute approximate surface area is 157 Å². The molecule has 1 aliphatic heterocycles. The van der Waals surface area contributed by atoms with Gasteiger partial charge >= 0.3 is 0 Å². The van der Waals surface area contributed by atoms with Gasteiger partial charge in [-0.05, 0) is 63.9 Å². The molecule has 1 saturated carbocycles. The van der Waals surface area contributed by atoms with Crippen molar-refractivity contribution in [2.75, 3.05) is 13.1 Å². The van der Waals surface area contributed by atoms with E-state index in [1.165, 1.54) is 0 Å². The van der Waals surface area contributed by atoms with Crippen LogP contribution in [-0.4, -0.2) is 42.9 Å². The second kappa shape index (κ2) is 7.72. The summed E-state index contributed by atoms with van der Waals surface area (Å²) in [6.45, 7) is 5.49. The summed E-state index contributed by atoms with van der Waals surface area (Å²) >= 11 is 0. The molecule has 1 N–H and O–H groups in total. The second-order valence-electron chi connectivity index (χ2n) is 7.97. The van der Waals surface area contributed by atoms with Crippen molar-refractivity contribution in [1.82, 2.24) is 14.2 Å². The van der Waals surface area contributed by atoms with E-state index in [1.54, 1.807) is 24.6 Å². The fourth-order valence-electron chi connectivity index (χ4n) is 4.07. The lowest BCUT2D eigenvalue weighted by Gasteiger charge is -2.26. The number of hydrogen-bond donors (Lipinski definition) is 1. The third-order valence-electron chi connectivity index (χ3n) is 5.98. The van der Waals surface area contributed by atoms with Crippen LogP contribution in [0.4, 0.5) is 0 Å². The first-order valence-electron chi connectivity index (χ1n) is 9.77. The van der Waals surface area contributed by atoms with E-state index in [0.29, 0.717) is 17.3 Å². The Balaban J connectivity index is 1.80. The summed E-state index contributed by atoms with van der Waals surface area (Å²) in [4.78, 5) is 14.9. The number of carbonyl (C=O) groups is 1. The molecule has 146 valence electrons. The Morgan fingerprint density at radius 3 is 2.35 bits per heavy atom. The quantitative estimate of drug-likeness (QED) is 0.872. The Kier molecular flexibility index (Phi) is 5.77. The molecule has 0 bridgehead atoms. The minimum absolute atomic E-state index is 0.00273. The molecule has 3 rings (SSSR count). The van der Waals surface area contributed by atoms with Crippen molar-refractivity contribution < 1.29 is 13.2 Å². The zero-order chi connectivity index (χ0) is 18.9. The molecule has 0 unspecified atom stereocenters. The van der Waals surface area contributed by atoms with E-state index in [2.05, 4.69) is 11.6 Å². The van der Waals surface area contributed by atoms with Crippen molar-refractivity contribution in [3.05, 3.63) is 17.5 Å². The predicted octanol–water partition coefficient (Wildman–Crippen LogP) is 2.82. The van der Waals surface area contributed by atoms with Crippen molar-refractivity contribution in [2.45, 2.75) is 69.7 Å². The number of sulfonamides is 1. The fraction of sp³-hybridized carbons (Fsp3) is 0.737. The average molecular weight is 382 g/mol. The van der Waals surface area contributed by atoms with E-state index in [-0.39, 0.29) is 16.8 Å². The van der Waals surface area contributed by atoms with Gasteiger partial charge in [-0.3, -0.25) is 4.79 Å². The molecule has 0 spiro atoms. The number of nitrogens with zero attached hydrogens (tertiary/aromatic N) is 2. The number of nitrogens with one attached hydrogen (secondary N) is 1. The molecular formula is C19H31N3O3S. The first kappa shape index (κ1) is 19.4. The summed E-state index contributed by atoms with van der Waals surface area (Å²) < 4.78 is 30.4. The predicted molar refractivity (Wildman–Crippen MR) is 102 cm³/mol. The van der Waals surface area contributed by atoms with Crippen LogP contribution in [-0.2, 0) is 17.1 Å². The Morgan fingerprint density at radius 1 is 1.12 bits per heavy atom. The molecule has 2 fully saturated rings. The highest BCUT2D eigenvalue weighted by atomic mass is 32.2. The molecule has 1 amide bonds. The monoisotopic (exact) mass is 381 g/mol.